The van der Waals surface area contributed by atoms with Gasteiger partial charge in [0.2, 0.25) is 0 Å². The Bertz CT molecular complexity index is 389. The van der Waals surface area contributed by atoms with Crippen molar-refractivity contribution in [3.8, 4) is 0 Å². The number of unbranched alkanes of at least 4 members (excludes halogenated alkanes) is 6. The highest BCUT2D eigenvalue weighted by Crippen LogP contribution is 2.29. The molecular weight excluding hydrogens is 380 g/mol. The van der Waals surface area contributed by atoms with Crippen molar-refractivity contribution in [1.29, 1.82) is 0 Å². The van der Waals surface area contributed by atoms with Crippen LogP contribution in [0.1, 0.15) is 85.0 Å². The molecule has 0 aliphatic heterocycles. The Balaban J connectivity index is 2.65. The van der Waals surface area contributed by atoms with Crippen molar-refractivity contribution in [2.45, 2.75) is 90.5 Å². The van der Waals surface area contributed by atoms with Crippen LogP contribution in [0.25, 0.3) is 0 Å². The summed E-state index contributed by atoms with van der Waals surface area (Å²) in [6, 6.07) is 0. The summed E-state index contributed by atoms with van der Waals surface area (Å²) in [6.45, 7) is 6.61. The third-order valence-corrected chi connectivity index (χ3v) is 4.82. The zero-order chi connectivity index (χ0) is 15.7. The van der Waals surface area contributed by atoms with E-state index in [4.69, 9.17) is 0 Å². The molecule has 0 aromatic carbocycles. The number of halogens is 2. The Kier molecular flexibility index (Phi) is 8.74. The molecule has 5 heteroatoms. The van der Waals surface area contributed by atoms with Crippen LogP contribution < -0.4 is 0 Å². The summed E-state index contributed by atoms with van der Waals surface area (Å²) in [6.07, 6.45) is 11.9. The Morgan fingerprint density at radius 3 is 2.00 bits per heavy atom. The largest absolute Gasteiger partial charge is 0.266 e. The summed E-state index contributed by atoms with van der Waals surface area (Å²) in [5, 5.41) is 8.30. The molecule has 1 aromatic rings. The van der Waals surface area contributed by atoms with Crippen molar-refractivity contribution < 1.29 is 4.39 Å². The summed E-state index contributed by atoms with van der Waals surface area (Å²) >= 11 is 1.92. The molecule has 122 valence electrons. The van der Waals surface area contributed by atoms with Gasteiger partial charge in [0.25, 0.3) is 5.95 Å². The predicted molar refractivity (Wildman–Crippen MR) is 93.9 cm³/mol. The number of hydrogen-bond donors (Lipinski definition) is 0. The molecule has 0 radical (unpaired) electrons. The van der Waals surface area contributed by atoms with Gasteiger partial charge < -0.3 is 0 Å². The van der Waals surface area contributed by atoms with E-state index in [0.717, 1.165) is 19.3 Å². The molecule has 1 aromatic heterocycles. The monoisotopic (exact) mass is 409 g/mol. The second-order valence-corrected chi connectivity index (χ2v) is 7.21. The van der Waals surface area contributed by atoms with Gasteiger partial charge in [-0.2, -0.15) is 9.19 Å². The van der Waals surface area contributed by atoms with Crippen LogP contribution in [0.5, 0.6) is 0 Å². The quantitative estimate of drug-likeness (QED) is 0.348. The van der Waals surface area contributed by atoms with Crippen LogP contribution in [0.4, 0.5) is 4.39 Å². The Labute approximate surface area is 142 Å². The number of nitrogens with zero attached hydrogens (tertiary/aromatic N) is 3. The molecule has 0 fully saturated rings. The summed E-state index contributed by atoms with van der Waals surface area (Å²) < 4.78 is 13.9. The first-order chi connectivity index (χ1) is 10.0. The summed E-state index contributed by atoms with van der Waals surface area (Å²) in [5.41, 5.74) is -0.147. The highest BCUT2D eigenvalue weighted by molar-refractivity contribution is 14.1. The highest BCUT2D eigenvalue weighted by Gasteiger charge is 2.29. The van der Waals surface area contributed by atoms with Gasteiger partial charge in [-0.15, -0.1) is 10.2 Å². The van der Waals surface area contributed by atoms with E-state index in [2.05, 4.69) is 31.0 Å². The SMILES string of the molecule is CCCCCCCC(C)(CCCCC)n1nc(F)c(I)n1. The molecule has 1 heterocycles. The van der Waals surface area contributed by atoms with E-state index >= 15 is 0 Å². The first-order valence-corrected chi connectivity index (χ1v) is 9.40. The molecule has 0 amide bonds. The van der Waals surface area contributed by atoms with Gasteiger partial charge in [-0.05, 0) is 42.4 Å². The lowest BCUT2D eigenvalue weighted by atomic mass is 9.89. The molecule has 0 saturated carbocycles. The fourth-order valence-corrected chi connectivity index (χ4v) is 3.02. The van der Waals surface area contributed by atoms with E-state index in [1.165, 1.54) is 44.9 Å². The van der Waals surface area contributed by atoms with Crippen molar-refractivity contribution in [3.05, 3.63) is 9.65 Å². The van der Waals surface area contributed by atoms with E-state index in [9.17, 15) is 4.39 Å². The normalized spacial score (nSPS) is 14.3. The van der Waals surface area contributed by atoms with Crippen molar-refractivity contribution in [1.82, 2.24) is 15.0 Å². The van der Waals surface area contributed by atoms with Crippen molar-refractivity contribution in [2.24, 2.45) is 0 Å². The van der Waals surface area contributed by atoms with E-state index in [-0.39, 0.29) is 5.54 Å². The number of aromatic nitrogens is 3. The van der Waals surface area contributed by atoms with Crippen LogP contribution in [-0.2, 0) is 5.54 Å². The molecule has 0 bridgehead atoms. The zero-order valence-electron chi connectivity index (χ0n) is 13.7. The molecule has 0 N–H and O–H groups in total. The van der Waals surface area contributed by atoms with Crippen LogP contribution in [0.2, 0.25) is 0 Å². The maximum absolute atomic E-state index is 13.5. The lowest BCUT2D eigenvalue weighted by Gasteiger charge is -2.28. The van der Waals surface area contributed by atoms with Gasteiger partial charge in [-0.3, -0.25) is 0 Å². The van der Waals surface area contributed by atoms with Crippen LogP contribution in [-0.4, -0.2) is 15.0 Å². The lowest BCUT2D eigenvalue weighted by Crippen LogP contribution is -2.32. The van der Waals surface area contributed by atoms with Crippen molar-refractivity contribution >= 4 is 22.6 Å². The standard InChI is InChI=1S/C16H29FIN3/c1-4-6-8-9-11-13-16(3,12-10-7-5-2)21-19-14(17)15(18)20-21/h4-13H2,1-3H3. The molecule has 0 aliphatic rings. The molecule has 1 atom stereocenters. The minimum atomic E-state index is -0.441. The van der Waals surface area contributed by atoms with Crippen LogP contribution in [0.3, 0.4) is 0 Å². The predicted octanol–water partition coefficient (Wildman–Crippen LogP) is 5.68. The molecule has 0 spiro atoms. The second-order valence-electron chi connectivity index (χ2n) is 6.19. The average molecular weight is 409 g/mol. The van der Waals surface area contributed by atoms with Gasteiger partial charge in [0.1, 0.15) is 0 Å². The van der Waals surface area contributed by atoms with Crippen LogP contribution >= 0.6 is 22.6 Å². The Hall–Kier alpha value is -0.200. The van der Waals surface area contributed by atoms with Crippen molar-refractivity contribution in [2.75, 3.05) is 0 Å². The first-order valence-electron chi connectivity index (χ1n) is 8.32. The van der Waals surface area contributed by atoms with E-state index < -0.39 is 5.95 Å². The minimum absolute atomic E-state index is 0.147. The van der Waals surface area contributed by atoms with E-state index in [1.54, 1.807) is 4.80 Å². The molecule has 0 aliphatic carbocycles. The van der Waals surface area contributed by atoms with Gasteiger partial charge in [0.15, 0.2) is 3.70 Å². The Morgan fingerprint density at radius 2 is 1.48 bits per heavy atom. The van der Waals surface area contributed by atoms with Gasteiger partial charge in [0, 0.05) is 0 Å². The molecule has 21 heavy (non-hydrogen) atoms. The summed E-state index contributed by atoms with van der Waals surface area (Å²) in [5.74, 6) is -0.441. The molecule has 1 rings (SSSR count). The number of hydrogen-bond acceptors (Lipinski definition) is 2. The van der Waals surface area contributed by atoms with Crippen LogP contribution in [0, 0.1) is 9.65 Å². The maximum atomic E-state index is 13.5. The first kappa shape index (κ1) is 18.8. The molecule has 0 saturated heterocycles. The smallest absolute Gasteiger partial charge is 0.180 e. The molecule has 3 nitrogen and oxygen atoms in total. The maximum Gasteiger partial charge on any atom is 0.266 e. The average Bonchev–Trinajstić information content (AvgIpc) is 2.79. The van der Waals surface area contributed by atoms with Gasteiger partial charge in [-0.25, -0.2) is 0 Å². The molecule has 1 unspecified atom stereocenters. The van der Waals surface area contributed by atoms with E-state index in [0.29, 0.717) is 3.70 Å². The Morgan fingerprint density at radius 1 is 0.952 bits per heavy atom. The molecular formula is C16H29FIN3. The third-order valence-electron chi connectivity index (χ3n) is 4.16. The van der Waals surface area contributed by atoms with Gasteiger partial charge >= 0.3 is 0 Å². The highest BCUT2D eigenvalue weighted by atomic mass is 127. The van der Waals surface area contributed by atoms with Gasteiger partial charge in [-0.1, -0.05) is 65.2 Å². The summed E-state index contributed by atoms with van der Waals surface area (Å²) in [7, 11) is 0. The fraction of sp³-hybridized carbons (Fsp3) is 0.875. The lowest BCUT2D eigenvalue weighted by molar-refractivity contribution is 0.197. The topological polar surface area (TPSA) is 30.7 Å². The summed E-state index contributed by atoms with van der Waals surface area (Å²) in [4.78, 5) is 1.64. The number of rotatable bonds is 11. The van der Waals surface area contributed by atoms with Crippen molar-refractivity contribution in [3.63, 3.8) is 0 Å². The fourth-order valence-electron chi connectivity index (χ4n) is 2.70. The third kappa shape index (κ3) is 6.20. The van der Waals surface area contributed by atoms with Gasteiger partial charge in [0.05, 0.1) is 5.54 Å². The zero-order valence-corrected chi connectivity index (χ0v) is 15.8. The van der Waals surface area contributed by atoms with Crippen LogP contribution in [0.15, 0.2) is 0 Å². The minimum Gasteiger partial charge on any atom is -0.180 e. The second kappa shape index (κ2) is 9.74. The van der Waals surface area contributed by atoms with E-state index in [1.807, 2.05) is 22.6 Å².